The molecular weight excluding hydrogens is 298 g/mol. The van der Waals surface area contributed by atoms with Gasteiger partial charge in [-0.15, -0.1) is 0 Å². The van der Waals surface area contributed by atoms with Crippen LogP contribution >= 0.6 is 0 Å². The minimum absolute atomic E-state index is 0.188. The first-order valence-electron chi connectivity index (χ1n) is 8.82. The summed E-state index contributed by atoms with van der Waals surface area (Å²) in [6, 6.07) is 15.4. The van der Waals surface area contributed by atoms with Crippen LogP contribution in [-0.4, -0.2) is 29.2 Å². The molecule has 1 aliphatic heterocycles. The zero-order valence-corrected chi connectivity index (χ0v) is 15.1. The fourth-order valence-corrected chi connectivity index (χ4v) is 3.53. The summed E-state index contributed by atoms with van der Waals surface area (Å²) in [6.07, 6.45) is 1.78. The van der Waals surface area contributed by atoms with Gasteiger partial charge in [-0.2, -0.15) is 0 Å². The van der Waals surface area contributed by atoms with E-state index in [9.17, 15) is 4.79 Å². The van der Waals surface area contributed by atoms with Crippen LogP contribution in [0.5, 0.6) is 0 Å². The molecule has 0 spiro atoms. The van der Waals surface area contributed by atoms with E-state index < -0.39 is 5.60 Å². The maximum absolute atomic E-state index is 12.3. The number of fused-ring (bicyclic) bond motifs is 1. The van der Waals surface area contributed by atoms with Crippen LogP contribution in [0, 0.1) is 0 Å². The summed E-state index contributed by atoms with van der Waals surface area (Å²) in [5.41, 5.74) is 0.941. The van der Waals surface area contributed by atoms with Crippen molar-refractivity contribution in [3.8, 4) is 0 Å². The molecule has 3 heteroatoms. The van der Waals surface area contributed by atoms with Gasteiger partial charge in [-0.05, 0) is 62.8 Å². The Morgan fingerprint density at radius 2 is 1.83 bits per heavy atom. The number of carbonyl (C=O) groups is 1. The Balaban J connectivity index is 1.71. The van der Waals surface area contributed by atoms with Crippen LogP contribution in [0.2, 0.25) is 0 Å². The number of piperidine rings is 1. The van der Waals surface area contributed by atoms with Gasteiger partial charge in [-0.25, -0.2) is 4.79 Å². The van der Waals surface area contributed by atoms with Gasteiger partial charge >= 0.3 is 6.09 Å². The first-order chi connectivity index (χ1) is 11.3. The fraction of sp³-hybridized carbons (Fsp3) is 0.476. The van der Waals surface area contributed by atoms with E-state index in [-0.39, 0.29) is 12.1 Å². The van der Waals surface area contributed by atoms with Crippen LogP contribution in [0.25, 0.3) is 10.8 Å². The first-order valence-corrected chi connectivity index (χ1v) is 8.82. The second kappa shape index (κ2) is 6.46. The zero-order chi connectivity index (χ0) is 17.3. The summed E-state index contributed by atoms with van der Waals surface area (Å²) in [5, 5.41) is 2.57. The Morgan fingerprint density at radius 1 is 1.12 bits per heavy atom. The van der Waals surface area contributed by atoms with Gasteiger partial charge in [-0.1, -0.05) is 42.5 Å². The van der Waals surface area contributed by atoms with Gasteiger partial charge < -0.3 is 9.64 Å². The number of amides is 1. The Labute approximate surface area is 144 Å². The third-order valence-corrected chi connectivity index (χ3v) is 4.75. The zero-order valence-electron chi connectivity index (χ0n) is 15.1. The molecule has 24 heavy (non-hydrogen) atoms. The van der Waals surface area contributed by atoms with Crippen molar-refractivity contribution in [2.24, 2.45) is 0 Å². The van der Waals surface area contributed by atoms with Crippen molar-refractivity contribution in [2.75, 3.05) is 6.54 Å². The summed E-state index contributed by atoms with van der Waals surface area (Å²) in [4.78, 5) is 14.2. The average molecular weight is 325 g/mol. The van der Waals surface area contributed by atoms with E-state index in [1.54, 1.807) is 0 Å². The van der Waals surface area contributed by atoms with Crippen molar-refractivity contribution in [1.29, 1.82) is 0 Å². The summed E-state index contributed by atoms with van der Waals surface area (Å²) in [5.74, 6) is 0.503. The van der Waals surface area contributed by atoms with Crippen LogP contribution in [0.15, 0.2) is 42.5 Å². The molecule has 1 amide bonds. The molecule has 1 heterocycles. The van der Waals surface area contributed by atoms with Crippen LogP contribution in [0.1, 0.15) is 52.0 Å². The highest BCUT2D eigenvalue weighted by Crippen LogP contribution is 2.33. The number of nitrogens with zero attached hydrogens (tertiary/aromatic N) is 1. The van der Waals surface area contributed by atoms with Crippen molar-refractivity contribution in [1.82, 2.24) is 4.90 Å². The Hall–Kier alpha value is -2.03. The molecule has 2 aromatic carbocycles. The van der Waals surface area contributed by atoms with Gasteiger partial charge in [0.2, 0.25) is 0 Å². The topological polar surface area (TPSA) is 29.5 Å². The molecule has 0 unspecified atom stereocenters. The monoisotopic (exact) mass is 325 g/mol. The van der Waals surface area contributed by atoms with E-state index in [0.29, 0.717) is 5.92 Å². The molecule has 3 rings (SSSR count). The molecule has 3 nitrogen and oxygen atoms in total. The summed E-state index contributed by atoms with van der Waals surface area (Å²) in [6.45, 7) is 8.62. The molecule has 0 aliphatic carbocycles. The second-order valence-electron chi connectivity index (χ2n) is 7.85. The summed E-state index contributed by atoms with van der Waals surface area (Å²) >= 11 is 0. The minimum atomic E-state index is -0.438. The van der Waals surface area contributed by atoms with E-state index in [1.165, 1.54) is 16.3 Å². The molecule has 0 bridgehead atoms. The number of hydrogen-bond donors (Lipinski definition) is 0. The lowest BCUT2D eigenvalue weighted by atomic mass is 9.85. The van der Waals surface area contributed by atoms with Crippen LogP contribution in [0.4, 0.5) is 4.79 Å². The quantitative estimate of drug-likeness (QED) is 0.708. The van der Waals surface area contributed by atoms with E-state index in [1.807, 2.05) is 25.7 Å². The first kappa shape index (κ1) is 16.8. The smallest absolute Gasteiger partial charge is 0.410 e. The lowest BCUT2D eigenvalue weighted by molar-refractivity contribution is 0.0104. The lowest BCUT2D eigenvalue weighted by Gasteiger charge is -2.38. The standard InChI is InChI=1S/C21H27NO2/c1-15-13-19(11-12-22(15)20(23)24-21(2,3)4)18-10-9-16-7-5-6-8-17(16)14-18/h5-10,14-15,19H,11-13H2,1-4H3/t15-,19+/m0/s1. The minimum Gasteiger partial charge on any atom is -0.444 e. The van der Waals surface area contributed by atoms with E-state index in [4.69, 9.17) is 4.74 Å². The van der Waals surface area contributed by atoms with Crippen LogP contribution < -0.4 is 0 Å². The summed E-state index contributed by atoms with van der Waals surface area (Å²) in [7, 11) is 0. The molecule has 0 saturated carbocycles. The van der Waals surface area contributed by atoms with Gasteiger partial charge in [0.15, 0.2) is 0 Å². The molecule has 0 aromatic heterocycles. The predicted octanol–water partition coefficient (Wildman–Crippen LogP) is 5.34. The highest BCUT2D eigenvalue weighted by molar-refractivity contribution is 5.83. The predicted molar refractivity (Wildman–Crippen MR) is 98.3 cm³/mol. The summed E-state index contributed by atoms with van der Waals surface area (Å²) < 4.78 is 5.53. The van der Waals surface area contributed by atoms with Gasteiger partial charge in [0.25, 0.3) is 0 Å². The largest absolute Gasteiger partial charge is 0.444 e. The molecule has 1 aliphatic rings. The lowest BCUT2D eigenvalue weighted by Crippen LogP contribution is -2.46. The molecule has 0 N–H and O–H groups in total. The van der Waals surface area contributed by atoms with E-state index in [2.05, 4.69) is 49.4 Å². The molecule has 128 valence electrons. The second-order valence-corrected chi connectivity index (χ2v) is 7.85. The molecule has 0 radical (unpaired) electrons. The molecule has 2 aromatic rings. The van der Waals surface area contributed by atoms with Crippen molar-refractivity contribution in [3.05, 3.63) is 48.0 Å². The Bertz CT molecular complexity index is 732. The van der Waals surface area contributed by atoms with Gasteiger partial charge in [0.1, 0.15) is 5.60 Å². The number of ether oxygens (including phenoxy) is 1. The van der Waals surface area contributed by atoms with Gasteiger partial charge in [-0.3, -0.25) is 0 Å². The Kier molecular flexibility index (Phi) is 4.53. The molecule has 1 saturated heterocycles. The SMILES string of the molecule is C[C@H]1C[C@H](c2ccc3ccccc3c2)CCN1C(=O)OC(C)(C)C. The van der Waals surface area contributed by atoms with E-state index in [0.717, 1.165) is 19.4 Å². The molecular formula is C21H27NO2. The Morgan fingerprint density at radius 3 is 2.50 bits per heavy atom. The molecule has 1 fully saturated rings. The average Bonchev–Trinajstić information content (AvgIpc) is 2.52. The number of carbonyl (C=O) groups excluding carboxylic acids is 1. The van der Waals surface area contributed by atoms with Crippen LogP contribution in [0.3, 0.4) is 0 Å². The van der Waals surface area contributed by atoms with Crippen LogP contribution in [-0.2, 0) is 4.74 Å². The fourth-order valence-electron chi connectivity index (χ4n) is 3.53. The highest BCUT2D eigenvalue weighted by Gasteiger charge is 2.32. The molecule has 2 atom stereocenters. The normalized spacial score (nSPS) is 21.8. The maximum atomic E-state index is 12.3. The number of likely N-dealkylation sites (tertiary alicyclic amines) is 1. The van der Waals surface area contributed by atoms with Crippen molar-refractivity contribution in [2.45, 2.75) is 58.1 Å². The van der Waals surface area contributed by atoms with E-state index >= 15 is 0 Å². The highest BCUT2D eigenvalue weighted by atomic mass is 16.6. The maximum Gasteiger partial charge on any atom is 0.410 e. The van der Waals surface area contributed by atoms with Crippen molar-refractivity contribution in [3.63, 3.8) is 0 Å². The van der Waals surface area contributed by atoms with Gasteiger partial charge in [0.05, 0.1) is 0 Å². The van der Waals surface area contributed by atoms with Gasteiger partial charge in [0, 0.05) is 12.6 Å². The number of benzene rings is 2. The third kappa shape index (κ3) is 3.72. The number of hydrogen-bond acceptors (Lipinski definition) is 2. The van der Waals surface area contributed by atoms with Crippen molar-refractivity contribution < 1.29 is 9.53 Å². The third-order valence-electron chi connectivity index (χ3n) is 4.75. The number of rotatable bonds is 1. The van der Waals surface area contributed by atoms with Crippen molar-refractivity contribution >= 4 is 16.9 Å².